The predicted molar refractivity (Wildman–Crippen MR) is 102 cm³/mol. The lowest BCUT2D eigenvalue weighted by atomic mass is 10.1. The number of aromatic nitrogens is 1. The lowest BCUT2D eigenvalue weighted by molar-refractivity contribution is 0.0642. The summed E-state index contributed by atoms with van der Waals surface area (Å²) in [7, 11) is 0. The molecule has 5 nitrogen and oxygen atoms in total. The van der Waals surface area contributed by atoms with Gasteiger partial charge in [-0.3, -0.25) is 14.5 Å². The molecule has 0 aliphatic carbocycles. The van der Waals surface area contributed by atoms with E-state index in [4.69, 9.17) is 18.2 Å². The van der Waals surface area contributed by atoms with Crippen molar-refractivity contribution in [1.82, 2.24) is 9.88 Å². The summed E-state index contributed by atoms with van der Waals surface area (Å²) in [5.41, 5.74) is 3.55. The van der Waals surface area contributed by atoms with Crippen LogP contribution >= 0.6 is 11.6 Å². The molecule has 0 saturated carbocycles. The van der Waals surface area contributed by atoms with Gasteiger partial charge in [-0.2, -0.15) is 0 Å². The van der Waals surface area contributed by atoms with Gasteiger partial charge in [-0.05, 0) is 29.3 Å². The van der Waals surface area contributed by atoms with Crippen molar-refractivity contribution in [1.29, 1.82) is 0 Å². The van der Waals surface area contributed by atoms with E-state index >= 15 is 0 Å². The molecule has 0 spiro atoms. The van der Waals surface area contributed by atoms with E-state index in [2.05, 4.69) is 9.83 Å². The summed E-state index contributed by atoms with van der Waals surface area (Å²) in [6.07, 6.45) is 1.56. The molecule has 4 rings (SSSR count). The van der Waals surface area contributed by atoms with Gasteiger partial charge in [0.1, 0.15) is 5.15 Å². The van der Waals surface area contributed by atoms with E-state index in [0.29, 0.717) is 33.1 Å². The van der Waals surface area contributed by atoms with Crippen LogP contribution in [0.2, 0.25) is 5.15 Å². The van der Waals surface area contributed by atoms with Gasteiger partial charge < -0.3 is 0 Å². The fraction of sp³-hybridized carbons (Fsp3) is 0.0476. The van der Waals surface area contributed by atoms with Crippen molar-refractivity contribution in [2.75, 3.05) is 0 Å². The van der Waals surface area contributed by atoms with E-state index in [1.165, 1.54) is 4.90 Å². The number of benzene rings is 2. The Morgan fingerprint density at radius 2 is 1.59 bits per heavy atom. The molecule has 0 unspecified atom stereocenters. The van der Waals surface area contributed by atoms with Crippen LogP contribution in [0.15, 0.2) is 60.8 Å². The number of imide groups is 1. The third-order valence-corrected chi connectivity index (χ3v) is 4.72. The van der Waals surface area contributed by atoms with Crippen molar-refractivity contribution in [3.05, 3.63) is 94.1 Å². The molecular formula is C21H12ClN3O2. The Kier molecular flexibility index (Phi) is 4.19. The van der Waals surface area contributed by atoms with Gasteiger partial charge in [-0.15, -0.1) is 0 Å². The molecular weight excluding hydrogens is 362 g/mol. The molecule has 2 amide bonds. The summed E-state index contributed by atoms with van der Waals surface area (Å²) < 4.78 is 0. The monoisotopic (exact) mass is 373 g/mol. The maximum absolute atomic E-state index is 12.5. The number of halogens is 1. The van der Waals surface area contributed by atoms with E-state index in [1.54, 1.807) is 54.7 Å². The average molecular weight is 374 g/mol. The minimum atomic E-state index is -0.312. The largest absolute Gasteiger partial charge is 0.270 e. The molecule has 1 aromatic heterocycles. The summed E-state index contributed by atoms with van der Waals surface area (Å²) in [6.45, 7) is 7.15. The second-order valence-electron chi connectivity index (χ2n) is 6.08. The van der Waals surface area contributed by atoms with E-state index in [9.17, 15) is 9.59 Å². The van der Waals surface area contributed by atoms with Gasteiger partial charge >= 0.3 is 0 Å². The molecule has 3 aromatic rings. The second-order valence-corrected chi connectivity index (χ2v) is 6.44. The van der Waals surface area contributed by atoms with Crippen LogP contribution in [0.1, 0.15) is 26.3 Å². The highest BCUT2D eigenvalue weighted by Crippen LogP contribution is 2.30. The normalized spacial score (nSPS) is 12.8. The Bertz CT molecular complexity index is 1080. The minimum Gasteiger partial charge on any atom is -0.270 e. The van der Waals surface area contributed by atoms with Crippen LogP contribution in [-0.2, 0) is 6.54 Å². The number of hydrogen-bond acceptors (Lipinski definition) is 3. The highest BCUT2D eigenvalue weighted by molar-refractivity contribution is 6.32. The molecule has 6 heteroatoms. The molecule has 2 aromatic carbocycles. The second kappa shape index (κ2) is 6.67. The molecule has 0 bridgehead atoms. The Hall–Kier alpha value is -3.49. The number of carbonyl (C=O) groups is 2. The number of pyridine rings is 1. The zero-order valence-electron chi connectivity index (χ0n) is 14.0. The molecule has 0 atom stereocenters. The molecule has 0 fully saturated rings. The van der Waals surface area contributed by atoms with Crippen LogP contribution < -0.4 is 0 Å². The summed E-state index contributed by atoms with van der Waals surface area (Å²) >= 11 is 6.23. The number of rotatable bonds is 3. The molecule has 0 saturated heterocycles. The standard InChI is InChI=1S/C21H12ClN3O2/c1-23-15-8-6-14(7-9-15)18-10-13(11-24-19(18)22)12-25-20(26)16-4-2-3-5-17(16)21(25)27/h2-11H,12H2. The first-order chi connectivity index (χ1) is 13.1. The van der Waals surface area contributed by atoms with Crippen LogP contribution in [-0.4, -0.2) is 21.7 Å². The number of carbonyl (C=O) groups excluding carboxylic acids is 2. The topological polar surface area (TPSA) is 54.6 Å². The summed E-state index contributed by atoms with van der Waals surface area (Å²) in [6, 6.07) is 15.6. The number of hydrogen-bond donors (Lipinski definition) is 0. The molecule has 0 N–H and O–H groups in total. The SMILES string of the molecule is [C-]#[N+]c1ccc(-c2cc(CN3C(=O)c4ccccc4C3=O)cnc2Cl)cc1. The fourth-order valence-electron chi connectivity index (χ4n) is 3.06. The van der Waals surface area contributed by atoms with Crippen molar-refractivity contribution in [3.8, 4) is 11.1 Å². The lowest BCUT2D eigenvalue weighted by Gasteiger charge is -2.15. The van der Waals surface area contributed by atoms with Crippen molar-refractivity contribution >= 4 is 29.1 Å². The lowest BCUT2D eigenvalue weighted by Crippen LogP contribution is -2.29. The number of fused-ring (bicyclic) bond motifs is 1. The Morgan fingerprint density at radius 3 is 2.19 bits per heavy atom. The first kappa shape index (κ1) is 17.0. The molecule has 130 valence electrons. The third-order valence-electron chi connectivity index (χ3n) is 4.42. The highest BCUT2D eigenvalue weighted by Gasteiger charge is 2.35. The van der Waals surface area contributed by atoms with Crippen molar-refractivity contribution < 1.29 is 9.59 Å². The van der Waals surface area contributed by atoms with E-state index in [0.717, 1.165) is 5.56 Å². The van der Waals surface area contributed by atoms with Gasteiger partial charge in [-0.1, -0.05) is 48.0 Å². The zero-order valence-corrected chi connectivity index (χ0v) is 14.8. The minimum absolute atomic E-state index is 0.115. The molecule has 0 radical (unpaired) electrons. The van der Waals surface area contributed by atoms with Crippen molar-refractivity contribution in [2.45, 2.75) is 6.54 Å². The Morgan fingerprint density at radius 1 is 0.963 bits per heavy atom. The van der Waals surface area contributed by atoms with Crippen LogP contribution in [0.5, 0.6) is 0 Å². The molecule has 1 aliphatic rings. The summed E-state index contributed by atoms with van der Waals surface area (Å²) in [5.74, 6) is -0.623. The van der Waals surface area contributed by atoms with E-state index in [1.807, 2.05) is 6.07 Å². The molecule has 2 heterocycles. The quantitative estimate of drug-likeness (QED) is 0.378. The van der Waals surface area contributed by atoms with Crippen LogP contribution in [0.4, 0.5) is 5.69 Å². The van der Waals surface area contributed by atoms with Crippen LogP contribution in [0.25, 0.3) is 16.0 Å². The van der Waals surface area contributed by atoms with E-state index < -0.39 is 0 Å². The van der Waals surface area contributed by atoms with Gasteiger partial charge in [0.05, 0.1) is 24.2 Å². The van der Waals surface area contributed by atoms with Crippen LogP contribution in [0.3, 0.4) is 0 Å². The molecule has 1 aliphatic heterocycles. The van der Waals surface area contributed by atoms with Gasteiger partial charge in [0.25, 0.3) is 11.8 Å². The van der Waals surface area contributed by atoms with Crippen molar-refractivity contribution in [2.24, 2.45) is 0 Å². The highest BCUT2D eigenvalue weighted by atomic mass is 35.5. The van der Waals surface area contributed by atoms with Crippen LogP contribution in [0, 0.1) is 6.57 Å². The first-order valence-corrected chi connectivity index (χ1v) is 8.54. The third kappa shape index (κ3) is 2.97. The maximum atomic E-state index is 12.5. The fourth-order valence-corrected chi connectivity index (χ4v) is 3.27. The number of amides is 2. The maximum Gasteiger partial charge on any atom is 0.261 e. The number of nitrogens with zero attached hydrogens (tertiary/aromatic N) is 3. The first-order valence-electron chi connectivity index (χ1n) is 8.16. The summed E-state index contributed by atoms with van der Waals surface area (Å²) in [5, 5.41) is 0.316. The van der Waals surface area contributed by atoms with Gasteiger partial charge in [0, 0.05) is 11.8 Å². The predicted octanol–water partition coefficient (Wildman–Crippen LogP) is 4.75. The van der Waals surface area contributed by atoms with Gasteiger partial charge in [-0.25, -0.2) is 9.83 Å². The van der Waals surface area contributed by atoms with E-state index in [-0.39, 0.29) is 18.4 Å². The van der Waals surface area contributed by atoms with Gasteiger partial charge in [0.2, 0.25) is 0 Å². The van der Waals surface area contributed by atoms with Gasteiger partial charge in [0.15, 0.2) is 5.69 Å². The molecule has 27 heavy (non-hydrogen) atoms. The summed E-state index contributed by atoms with van der Waals surface area (Å²) in [4.78, 5) is 33.8. The van der Waals surface area contributed by atoms with Crippen molar-refractivity contribution in [3.63, 3.8) is 0 Å². The smallest absolute Gasteiger partial charge is 0.261 e. The zero-order chi connectivity index (χ0) is 19.0. The Balaban J connectivity index is 1.65. The Labute approximate surface area is 160 Å². The average Bonchev–Trinajstić information content (AvgIpc) is 2.95.